The minimum Gasteiger partial charge on any atom is -0.349 e. The maximum absolute atomic E-state index is 12.2. The summed E-state index contributed by atoms with van der Waals surface area (Å²) in [6.07, 6.45) is 0. The van der Waals surface area contributed by atoms with Gasteiger partial charge in [0.25, 0.3) is 11.5 Å². The molecule has 1 aromatic carbocycles. The molecule has 7 heteroatoms. The Labute approximate surface area is 140 Å². The Balaban J connectivity index is 0.00000192. The average molecular weight is 337 g/mol. The Morgan fingerprint density at radius 3 is 2.74 bits per heavy atom. The lowest BCUT2D eigenvalue weighted by atomic mass is 10.1. The van der Waals surface area contributed by atoms with Crippen LogP contribution in [0.25, 0.3) is 10.8 Å². The summed E-state index contributed by atoms with van der Waals surface area (Å²) in [6, 6.07) is 8.97. The van der Waals surface area contributed by atoms with Gasteiger partial charge in [-0.15, -0.1) is 12.4 Å². The van der Waals surface area contributed by atoms with Crippen molar-refractivity contribution in [2.45, 2.75) is 0 Å². The van der Waals surface area contributed by atoms with Crippen molar-refractivity contribution in [3.05, 3.63) is 46.4 Å². The molecule has 0 unspecified atom stereocenters. The highest BCUT2D eigenvalue weighted by Gasteiger charge is 2.11. The second-order valence-electron chi connectivity index (χ2n) is 5.45. The largest absolute Gasteiger partial charge is 0.349 e. The van der Waals surface area contributed by atoms with E-state index in [-0.39, 0.29) is 23.9 Å². The summed E-state index contributed by atoms with van der Waals surface area (Å²) in [7, 11) is 0. The number of aromatic nitrogens is 1. The summed E-state index contributed by atoms with van der Waals surface area (Å²) < 4.78 is 0. The van der Waals surface area contributed by atoms with Crippen LogP contribution < -0.4 is 16.2 Å². The van der Waals surface area contributed by atoms with Gasteiger partial charge in [0.2, 0.25) is 0 Å². The number of nitrogens with one attached hydrogen (secondary N) is 3. The maximum Gasteiger partial charge on any atom is 0.267 e. The minimum atomic E-state index is -0.238. The minimum absolute atomic E-state index is 0. The van der Waals surface area contributed by atoms with Gasteiger partial charge in [0.15, 0.2) is 0 Å². The van der Waals surface area contributed by atoms with E-state index in [9.17, 15) is 9.59 Å². The first-order valence-electron chi connectivity index (χ1n) is 7.57. The van der Waals surface area contributed by atoms with Gasteiger partial charge in [-0.3, -0.25) is 14.5 Å². The molecule has 0 atom stereocenters. The van der Waals surface area contributed by atoms with E-state index < -0.39 is 0 Å². The number of hydrogen-bond acceptors (Lipinski definition) is 4. The number of amides is 1. The monoisotopic (exact) mass is 336 g/mol. The molecule has 3 N–H and O–H groups in total. The van der Waals surface area contributed by atoms with Crippen LogP contribution in [0.1, 0.15) is 10.5 Å². The second-order valence-corrected chi connectivity index (χ2v) is 5.45. The third kappa shape index (κ3) is 4.31. The van der Waals surface area contributed by atoms with E-state index in [4.69, 9.17) is 0 Å². The van der Waals surface area contributed by atoms with Crippen LogP contribution in [-0.4, -0.2) is 55.1 Å². The van der Waals surface area contributed by atoms with E-state index in [0.717, 1.165) is 38.1 Å². The molecule has 0 saturated carbocycles. The zero-order valence-electron chi connectivity index (χ0n) is 12.8. The number of fused-ring (bicyclic) bond motifs is 1. The van der Waals surface area contributed by atoms with Gasteiger partial charge >= 0.3 is 0 Å². The van der Waals surface area contributed by atoms with Crippen molar-refractivity contribution in [2.24, 2.45) is 0 Å². The molecule has 2 heterocycles. The summed E-state index contributed by atoms with van der Waals surface area (Å²) in [5, 5.41) is 7.53. The number of carbonyl (C=O) groups is 1. The molecule has 1 aliphatic rings. The Hall–Kier alpha value is -1.89. The molecule has 0 aliphatic carbocycles. The molecule has 6 nitrogen and oxygen atoms in total. The normalized spacial score (nSPS) is 15.1. The first-order chi connectivity index (χ1) is 10.7. The Morgan fingerprint density at radius 2 is 1.96 bits per heavy atom. The SMILES string of the molecule is Cl.O=C(NCCN1CCNCC1)c1cc2ccccc2c(=O)[nH]1. The van der Waals surface area contributed by atoms with Crippen LogP contribution in [0, 0.1) is 0 Å². The number of piperazine rings is 1. The summed E-state index contributed by atoms with van der Waals surface area (Å²) >= 11 is 0. The quantitative estimate of drug-likeness (QED) is 0.763. The van der Waals surface area contributed by atoms with E-state index >= 15 is 0 Å². The van der Waals surface area contributed by atoms with Gasteiger partial charge in [-0.25, -0.2) is 0 Å². The fourth-order valence-electron chi connectivity index (χ4n) is 2.69. The predicted molar refractivity (Wildman–Crippen MR) is 93.5 cm³/mol. The van der Waals surface area contributed by atoms with Gasteiger partial charge in [-0.2, -0.15) is 0 Å². The van der Waals surface area contributed by atoms with Crippen molar-refractivity contribution in [1.29, 1.82) is 0 Å². The van der Waals surface area contributed by atoms with Gasteiger partial charge in [0.1, 0.15) is 5.69 Å². The zero-order chi connectivity index (χ0) is 15.4. The molecule has 0 bridgehead atoms. The zero-order valence-corrected chi connectivity index (χ0v) is 13.6. The number of aromatic amines is 1. The number of H-pyrrole nitrogens is 1. The lowest BCUT2D eigenvalue weighted by Gasteiger charge is -2.27. The van der Waals surface area contributed by atoms with E-state index in [1.54, 1.807) is 12.1 Å². The van der Waals surface area contributed by atoms with E-state index in [1.165, 1.54) is 0 Å². The first kappa shape index (κ1) is 17.5. The number of nitrogens with zero attached hydrogens (tertiary/aromatic N) is 1. The van der Waals surface area contributed by atoms with Crippen LogP contribution in [0.3, 0.4) is 0 Å². The van der Waals surface area contributed by atoms with Gasteiger partial charge in [0.05, 0.1) is 0 Å². The molecule has 124 valence electrons. The van der Waals surface area contributed by atoms with Crippen LogP contribution in [-0.2, 0) is 0 Å². The lowest BCUT2D eigenvalue weighted by molar-refractivity contribution is 0.0942. The molecule has 0 radical (unpaired) electrons. The van der Waals surface area contributed by atoms with Crippen molar-refractivity contribution in [3.8, 4) is 0 Å². The number of rotatable bonds is 4. The highest BCUT2D eigenvalue weighted by molar-refractivity contribution is 5.96. The summed E-state index contributed by atoms with van der Waals surface area (Å²) in [5.41, 5.74) is 0.0781. The van der Waals surface area contributed by atoms with Gasteiger partial charge < -0.3 is 15.6 Å². The van der Waals surface area contributed by atoms with Crippen molar-refractivity contribution in [1.82, 2.24) is 20.5 Å². The van der Waals surface area contributed by atoms with Crippen LogP contribution in [0.4, 0.5) is 0 Å². The summed E-state index contributed by atoms with van der Waals surface area (Å²) in [5.74, 6) is -0.238. The summed E-state index contributed by atoms with van der Waals surface area (Å²) in [4.78, 5) is 29.1. The fourth-order valence-corrected chi connectivity index (χ4v) is 2.69. The van der Waals surface area contributed by atoms with Crippen molar-refractivity contribution in [3.63, 3.8) is 0 Å². The molecule has 3 rings (SSSR count). The van der Waals surface area contributed by atoms with Gasteiger partial charge in [-0.05, 0) is 17.5 Å². The Kier molecular flexibility index (Phi) is 6.15. The topological polar surface area (TPSA) is 77.2 Å². The van der Waals surface area contributed by atoms with Crippen molar-refractivity contribution >= 4 is 29.1 Å². The summed E-state index contributed by atoms with van der Waals surface area (Å²) in [6.45, 7) is 5.39. The Bertz CT molecular complexity index is 725. The number of benzene rings is 1. The van der Waals surface area contributed by atoms with Crippen molar-refractivity contribution in [2.75, 3.05) is 39.3 Å². The van der Waals surface area contributed by atoms with Gasteiger partial charge in [-0.1, -0.05) is 18.2 Å². The molecule has 1 amide bonds. The lowest BCUT2D eigenvalue weighted by Crippen LogP contribution is -2.46. The van der Waals surface area contributed by atoms with Crippen LogP contribution in [0.5, 0.6) is 0 Å². The highest BCUT2D eigenvalue weighted by Crippen LogP contribution is 2.09. The fraction of sp³-hybridized carbons (Fsp3) is 0.375. The highest BCUT2D eigenvalue weighted by atomic mass is 35.5. The molecular formula is C16H21ClN4O2. The first-order valence-corrected chi connectivity index (χ1v) is 7.57. The number of hydrogen-bond donors (Lipinski definition) is 3. The number of carbonyl (C=O) groups excluding carboxylic acids is 1. The molecule has 2 aromatic rings. The molecule has 0 spiro atoms. The molecule has 1 saturated heterocycles. The van der Waals surface area contributed by atoms with Crippen molar-refractivity contribution < 1.29 is 4.79 Å². The van der Waals surface area contributed by atoms with Crippen LogP contribution >= 0.6 is 12.4 Å². The smallest absolute Gasteiger partial charge is 0.267 e. The van der Waals surface area contributed by atoms with Crippen LogP contribution in [0.2, 0.25) is 0 Å². The molecular weight excluding hydrogens is 316 g/mol. The third-order valence-corrected chi connectivity index (χ3v) is 3.92. The third-order valence-electron chi connectivity index (χ3n) is 3.92. The molecule has 23 heavy (non-hydrogen) atoms. The van der Waals surface area contributed by atoms with E-state index in [1.807, 2.05) is 18.2 Å². The molecule has 1 aromatic heterocycles. The maximum atomic E-state index is 12.2. The van der Waals surface area contributed by atoms with Gasteiger partial charge in [0, 0.05) is 44.7 Å². The number of halogens is 1. The standard InChI is InChI=1S/C16H20N4O2.ClH/c21-15-13-4-2-1-3-12(13)11-14(19-15)16(22)18-7-10-20-8-5-17-6-9-20;/h1-4,11,17H,5-10H2,(H,18,22)(H,19,21);1H. The Morgan fingerprint density at radius 1 is 1.22 bits per heavy atom. The second kappa shape index (κ2) is 8.10. The van der Waals surface area contributed by atoms with E-state index in [2.05, 4.69) is 20.5 Å². The predicted octanol–water partition coefficient (Wildman–Crippen LogP) is 0.585. The average Bonchev–Trinajstić information content (AvgIpc) is 2.56. The number of pyridine rings is 1. The molecule has 1 aliphatic heterocycles. The van der Waals surface area contributed by atoms with E-state index in [0.29, 0.717) is 17.6 Å². The molecule has 1 fully saturated rings. The van der Waals surface area contributed by atoms with Crippen LogP contribution in [0.15, 0.2) is 35.1 Å².